The van der Waals surface area contributed by atoms with Crippen LogP contribution in [-0.4, -0.2) is 47.6 Å². The molecule has 1 saturated carbocycles. The number of hydrogen-bond donors (Lipinski definition) is 1. The Morgan fingerprint density at radius 2 is 2.10 bits per heavy atom. The lowest BCUT2D eigenvalue weighted by Crippen LogP contribution is -2.16. The lowest BCUT2D eigenvalue weighted by Gasteiger charge is -2.14. The van der Waals surface area contributed by atoms with Gasteiger partial charge in [-0.2, -0.15) is 5.10 Å². The van der Waals surface area contributed by atoms with Crippen molar-refractivity contribution in [2.24, 2.45) is 13.0 Å². The summed E-state index contributed by atoms with van der Waals surface area (Å²) in [5.41, 5.74) is 2.56. The summed E-state index contributed by atoms with van der Waals surface area (Å²) in [5.74, 6) is 3.16. The summed E-state index contributed by atoms with van der Waals surface area (Å²) < 4.78 is 9.46. The standard InChI is InChI=1S/C22H26N8O/c1-29-19(8-11-24-29)26-22-23-10-7-18(25-22)16-9-12-30-20(13-16)27-28-21(30)14-17(31-2)6-5-15-3-4-15/h7-13,15,17H,3-6,14H2,1-2H3,(H,23,25,26)/t17-/m1/s1. The average Bonchev–Trinajstić information content (AvgIpc) is 3.42. The Kier molecular flexibility index (Phi) is 5.33. The number of aromatic nitrogens is 7. The first kappa shape index (κ1) is 19.6. The summed E-state index contributed by atoms with van der Waals surface area (Å²) in [4.78, 5) is 8.95. The van der Waals surface area contributed by atoms with Gasteiger partial charge in [-0.1, -0.05) is 12.8 Å². The second-order valence-corrected chi connectivity index (χ2v) is 8.07. The van der Waals surface area contributed by atoms with Gasteiger partial charge < -0.3 is 10.1 Å². The number of nitrogens with zero attached hydrogens (tertiary/aromatic N) is 7. The molecule has 4 aromatic rings. The maximum absolute atomic E-state index is 5.70. The molecule has 4 aromatic heterocycles. The summed E-state index contributed by atoms with van der Waals surface area (Å²) in [5, 5.41) is 16.1. The maximum atomic E-state index is 5.70. The van der Waals surface area contributed by atoms with Crippen molar-refractivity contribution >= 4 is 17.4 Å². The van der Waals surface area contributed by atoms with E-state index in [2.05, 4.69) is 30.6 Å². The molecule has 0 amide bonds. The second kappa shape index (κ2) is 8.43. The fourth-order valence-corrected chi connectivity index (χ4v) is 3.76. The third-order valence-corrected chi connectivity index (χ3v) is 5.83. The van der Waals surface area contributed by atoms with Crippen LogP contribution in [-0.2, 0) is 18.2 Å². The minimum atomic E-state index is 0.176. The van der Waals surface area contributed by atoms with Crippen molar-refractivity contribution in [1.29, 1.82) is 0 Å². The summed E-state index contributed by atoms with van der Waals surface area (Å²) in [7, 11) is 3.65. The molecule has 1 fully saturated rings. The Hall–Kier alpha value is -3.33. The van der Waals surface area contributed by atoms with Crippen molar-refractivity contribution in [3.05, 3.63) is 48.7 Å². The number of anilines is 2. The van der Waals surface area contributed by atoms with Crippen LogP contribution < -0.4 is 5.32 Å². The number of fused-ring (bicyclic) bond motifs is 1. The van der Waals surface area contributed by atoms with Gasteiger partial charge in [-0.15, -0.1) is 10.2 Å². The van der Waals surface area contributed by atoms with E-state index in [1.54, 1.807) is 24.2 Å². The molecule has 0 aliphatic heterocycles. The highest BCUT2D eigenvalue weighted by Gasteiger charge is 2.23. The van der Waals surface area contributed by atoms with Crippen LogP contribution in [0, 0.1) is 5.92 Å². The third-order valence-electron chi connectivity index (χ3n) is 5.83. The first-order valence-electron chi connectivity index (χ1n) is 10.6. The minimum Gasteiger partial charge on any atom is -0.381 e. The van der Waals surface area contributed by atoms with Crippen LogP contribution in [0.4, 0.5) is 11.8 Å². The molecule has 0 saturated heterocycles. The highest BCUT2D eigenvalue weighted by molar-refractivity contribution is 5.65. The number of aryl methyl sites for hydroxylation is 1. The van der Waals surface area contributed by atoms with Crippen LogP contribution in [0.3, 0.4) is 0 Å². The highest BCUT2D eigenvalue weighted by atomic mass is 16.5. The number of hydrogen-bond acceptors (Lipinski definition) is 7. The zero-order chi connectivity index (χ0) is 21.2. The van der Waals surface area contributed by atoms with Gasteiger partial charge in [-0.05, 0) is 37.0 Å². The summed E-state index contributed by atoms with van der Waals surface area (Å²) in [6, 6.07) is 7.79. The monoisotopic (exact) mass is 418 g/mol. The fraction of sp³-hybridized carbons (Fsp3) is 0.409. The van der Waals surface area contributed by atoms with Crippen molar-refractivity contribution in [1.82, 2.24) is 34.3 Å². The quantitative estimate of drug-likeness (QED) is 0.445. The molecule has 0 unspecified atom stereocenters. The molecule has 0 aromatic carbocycles. The van der Waals surface area contributed by atoms with Crippen molar-refractivity contribution in [3.63, 3.8) is 0 Å². The molecule has 4 heterocycles. The zero-order valence-corrected chi connectivity index (χ0v) is 17.8. The Balaban J connectivity index is 1.34. The molecule has 5 rings (SSSR count). The fourth-order valence-electron chi connectivity index (χ4n) is 3.76. The van der Waals surface area contributed by atoms with E-state index in [1.807, 2.05) is 41.9 Å². The molecule has 0 radical (unpaired) electrons. The van der Waals surface area contributed by atoms with Gasteiger partial charge in [0, 0.05) is 44.6 Å². The predicted molar refractivity (Wildman–Crippen MR) is 117 cm³/mol. The van der Waals surface area contributed by atoms with E-state index >= 15 is 0 Å². The third kappa shape index (κ3) is 4.41. The Morgan fingerprint density at radius 3 is 2.87 bits per heavy atom. The van der Waals surface area contributed by atoms with Crippen molar-refractivity contribution in [3.8, 4) is 11.3 Å². The highest BCUT2D eigenvalue weighted by Crippen LogP contribution is 2.34. The van der Waals surface area contributed by atoms with Crippen molar-refractivity contribution in [2.75, 3.05) is 12.4 Å². The largest absolute Gasteiger partial charge is 0.381 e. The molecule has 0 bridgehead atoms. The smallest absolute Gasteiger partial charge is 0.228 e. The molecule has 1 atom stereocenters. The molecular weight excluding hydrogens is 392 g/mol. The van der Waals surface area contributed by atoms with E-state index in [0.29, 0.717) is 5.95 Å². The summed E-state index contributed by atoms with van der Waals surface area (Å²) in [6.07, 6.45) is 11.5. The molecule has 1 N–H and O–H groups in total. The summed E-state index contributed by atoms with van der Waals surface area (Å²) in [6.45, 7) is 0. The number of rotatable bonds is 9. The molecule has 9 nitrogen and oxygen atoms in total. The first-order chi connectivity index (χ1) is 15.2. The van der Waals surface area contributed by atoms with Crippen LogP contribution in [0.2, 0.25) is 0 Å². The minimum absolute atomic E-state index is 0.176. The first-order valence-corrected chi connectivity index (χ1v) is 10.6. The van der Waals surface area contributed by atoms with E-state index in [9.17, 15) is 0 Å². The molecule has 1 aliphatic rings. The van der Waals surface area contributed by atoms with E-state index in [4.69, 9.17) is 4.74 Å². The summed E-state index contributed by atoms with van der Waals surface area (Å²) >= 11 is 0. The number of methoxy groups -OCH3 is 1. The van der Waals surface area contributed by atoms with Gasteiger partial charge in [-0.25, -0.2) is 9.97 Å². The normalized spacial score (nSPS) is 14.8. The van der Waals surface area contributed by atoms with Crippen molar-refractivity contribution in [2.45, 2.75) is 38.2 Å². The van der Waals surface area contributed by atoms with Gasteiger partial charge in [-0.3, -0.25) is 9.08 Å². The Bertz CT molecular complexity index is 1180. The van der Waals surface area contributed by atoms with Crippen LogP contribution in [0.1, 0.15) is 31.5 Å². The zero-order valence-electron chi connectivity index (χ0n) is 17.8. The Labute approximate surface area is 180 Å². The molecule has 160 valence electrons. The van der Waals surface area contributed by atoms with Gasteiger partial charge in [0.1, 0.15) is 11.6 Å². The molecular formula is C22H26N8O. The van der Waals surface area contributed by atoms with E-state index < -0.39 is 0 Å². The predicted octanol–water partition coefficient (Wildman–Crippen LogP) is 3.41. The number of ether oxygens (including phenoxy) is 1. The van der Waals surface area contributed by atoms with Crippen LogP contribution in [0.25, 0.3) is 16.9 Å². The van der Waals surface area contributed by atoms with Crippen LogP contribution in [0.5, 0.6) is 0 Å². The Morgan fingerprint density at radius 1 is 1.19 bits per heavy atom. The van der Waals surface area contributed by atoms with Gasteiger partial charge in [0.05, 0.1) is 18.0 Å². The number of nitrogens with one attached hydrogen (secondary N) is 1. The van der Waals surface area contributed by atoms with Crippen LogP contribution in [0.15, 0.2) is 42.9 Å². The lowest BCUT2D eigenvalue weighted by atomic mass is 10.1. The van der Waals surface area contributed by atoms with Gasteiger partial charge in [0.2, 0.25) is 5.95 Å². The van der Waals surface area contributed by atoms with E-state index in [1.165, 1.54) is 19.3 Å². The SMILES string of the molecule is CO[C@H](CCC1CC1)Cc1nnc2cc(-c3ccnc(Nc4ccnn4C)n3)ccn12. The molecule has 1 aliphatic carbocycles. The van der Waals surface area contributed by atoms with Gasteiger partial charge >= 0.3 is 0 Å². The maximum Gasteiger partial charge on any atom is 0.228 e. The lowest BCUT2D eigenvalue weighted by molar-refractivity contribution is 0.0905. The molecule has 31 heavy (non-hydrogen) atoms. The topological polar surface area (TPSA) is 95.0 Å². The van der Waals surface area contributed by atoms with E-state index in [-0.39, 0.29) is 6.10 Å². The second-order valence-electron chi connectivity index (χ2n) is 8.07. The van der Waals surface area contributed by atoms with Gasteiger partial charge in [0.25, 0.3) is 0 Å². The molecule has 9 heteroatoms. The average molecular weight is 419 g/mol. The molecule has 0 spiro atoms. The van der Waals surface area contributed by atoms with Crippen LogP contribution >= 0.6 is 0 Å². The van der Waals surface area contributed by atoms with Crippen molar-refractivity contribution < 1.29 is 4.74 Å². The number of pyridine rings is 1. The van der Waals surface area contributed by atoms with E-state index in [0.717, 1.165) is 47.3 Å². The van der Waals surface area contributed by atoms with Gasteiger partial charge in [0.15, 0.2) is 5.65 Å².